The summed E-state index contributed by atoms with van der Waals surface area (Å²) >= 11 is 0. The van der Waals surface area contributed by atoms with Crippen LogP contribution in [-0.2, 0) is 0 Å². The van der Waals surface area contributed by atoms with E-state index < -0.39 is 0 Å². The predicted octanol–water partition coefficient (Wildman–Crippen LogP) is 7.79. The Balaban J connectivity index is 1.45. The fourth-order valence-corrected chi connectivity index (χ4v) is 4.70. The summed E-state index contributed by atoms with van der Waals surface area (Å²) in [5, 5.41) is 3.62. The van der Waals surface area contributed by atoms with Crippen LogP contribution in [0.1, 0.15) is 34.6 Å². The summed E-state index contributed by atoms with van der Waals surface area (Å²) in [5.41, 5.74) is 1.36. The first-order valence-electron chi connectivity index (χ1n) is 12.9. The number of hydrogen-bond donors (Lipinski definition) is 0. The molecule has 0 saturated carbocycles. The van der Waals surface area contributed by atoms with Crippen LogP contribution in [0.3, 0.4) is 0 Å². The predicted molar refractivity (Wildman–Crippen MR) is 152 cm³/mol. The smallest absolute Gasteiger partial charge is 0.169 e. The van der Waals surface area contributed by atoms with Crippen molar-refractivity contribution < 1.29 is 19.1 Å². The molecule has 4 nitrogen and oxygen atoms in total. The molecule has 0 bridgehead atoms. The van der Waals surface area contributed by atoms with Gasteiger partial charge in [0.2, 0.25) is 0 Å². The SMILES string of the molecule is CC(COc1c2ccccc2c(OCC(C)C(=O)c2ccccc2)c2ccccc12)C(=O)c1ccccc1. The molecule has 2 unspecified atom stereocenters. The van der Waals surface area contributed by atoms with Crippen molar-refractivity contribution in [1.82, 2.24) is 0 Å². The molecule has 5 aromatic carbocycles. The maximum Gasteiger partial charge on any atom is 0.169 e. The fraction of sp³-hybridized carbons (Fsp3) is 0.176. The molecule has 0 spiro atoms. The highest BCUT2D eigenvalue weighted by molar-refractivity contribution is 6.11. The Morgan fingerprint density at radius 1 is 0.500 bits per heavy atom. The number of fused-ring (bicyclic) bond motifs is 2. The zero-order valence-electron chi connectivity index (χ0n) is 21.6. The highest BCUT2D eigenvalue weighted by Crippen LogP contribution is 2.43. The number of ether oxygens (including phenoxy) is 2. The molecule has 0 aliphatic heterocycles. The monoisotopic (exact) mass is 502 g/mol. The molecule has 0 N–H and O–H groups in total. The fourth-order valence-electron chi connectivity index (χ4n) is 4.70. The number of Topliss-reactive ketones (excluding diaryl/α,β-unsaturated/α-hetero) is 2. The molecule has 0 aliphatic carbocycles. The molecular formula is C34H30O4. The van der Waals surface area contributed by atoms with Gasteiger partial charge in [-0.1, -0.05) is 123 Å². The normalized spacial score (nSPS) is 12.7. The Hall–Kier alpha value is -4.44. The van der Waals surface area contributed by atoms with Gasteiger partial charge in [-0.3, -0.25) is 9.59 Å². The average molecular weight is 503 g/mol. The van der Waals surface area contributed by atoms with Crippen molar-refractivity contribution in [3.05, 3.63) is 120 Å². The molecule has 0 heterocycles. The second-order valence-electron chi connectivity index (χ2n) is 9.63. The Labute approximate surface area is 222 Å². The van der Waals surface area contributed by atoms with Gasteiger partial charge in [0, 0.05) is 32.7 Å². The maximum atomic E-state index is 12.9. The van der Waals surface area contributed by atoms with Crippen molar-refractivity contribution in [2.24, 2.45) is 11.8 Å². The van der Waals surface area contributed by atoms with Crippen LogP contribution in [-0.4, -0.2) is 24.8 Å². The Bertz CT molecular complexity index is 1400. The van der Waals surface area contributed by atoms with Crippen LogP contribution in [0.5, 0.6) is 11.5 Å². The standard InChI is InChI=1S/C34H30O4/c1-23(31(35)25-13-5-3-6-14-25)21-37-33-27-17-9-11-19-29(27)34(30-20-12-10-18-28(30)33)38-22-24(2)32(36)26-15-7-4-8-16-26/h3-20,23-24H,21-22H2,1-2H3. The van der Waals surface area contributed by atoms with Crippen LogP contribution < -0.4 is 9.47 Å². The molecule has 5 aromatic rings. The first-order chi connectivity index (χ1) is 18.5. The molecule has 38 heavy (non-hydrogen) atoms. The molecule has 2 atom stereocenters. The molecule has 0 fully saturated rings. The topological polar surface area (TPSA) is 52.6 Å². The van der Waals surface area contributed by atoms with Crippen LogP contribution in [0.25, 0.3) is 21.5 Å². The summed E-state index contributed by atoms with van der Waals surface area (Å²) in [6.07, 6.45) is 0. The van der Waals surface area contributed by atoms with E-state index in [0.717, 1.165) is 33.0 Å². The van der Waals surface area contributed by atoms with E-state index in [0.29, 0.717) is 11.1 Å². The highest BCUT2D eigenvalue weighted by atomic mass is 16.5. The lowest BCUT2D eigenvalue weighted by Crippen LogP contribution is -2.20. The zero-order chi connectivity index (χ0) is 26.5. The third-order valence-corrected chi connectivity index (χ3v) is 6.80. The van der Waals surface area contributed by atoms with E-state index in [4.69, 9.17) is 9.47 Å². The van der Waals surface area contributed by atoms with Crippen LogP contribution in [0.15, 0.2) is 109 Å². The first kappa shape index (κ1) is 25.2. The number of hydrogen-bond acceptors (Lipinski definition) is 4. The zero-order valence-corrected chi connectivity index (χ0v) is 21.6. The third-order valence-electron chi connectivity index (χ3n) is 6.80. The summed E-state index contributed by atoms with van der Waals surface area (Å²) in [5.74, 6) is 0.938. The van der Waals surface area contributed by atoms with E-state index in [2.05, 4.69) is 0 Å². The molecule has 0 saturated heterocycles. The van der Waals surface area contributed by atoms with E-state index in [1.165, 1.54) is 0 Å². The van der Waals surface area contributed by atoms with E-state index >= 15 is 0 Å². The molecule has 190 valence electrons. The van der Waals surface area contributed by atoms with Gasteiger partial charge < -0.3 is 9.47 Å². The Morgan fingerprint density at radius 3 is 1.11 bits per heavy atom. The summed E-state index contributed by atoms with van der Waals surface area (Å²) in [7, 11) is 0. The van der Waals surface area contributed by atoms with Gasteiger partial charge in [-0.25, -0.2) is 0 Å². The second kappa shape index (κ2) is 11.3. The largest absolute Gasteiger partial charge is 0.492 e. The van der Waals surface area contributed by atoms with Gasteiger partial charge in [0.25, 0.3) is 0 Å². The molecule has 4 heteroatoms. The third kappa shape index (κ3) is 5.16. The number of benzene rings is 5. The van der Waals surface area contributed by atoms with Crippen molar-refractivity contribution >= 4 is 33.1 Å². The second-order valence-corrected chi connectivity index (χ2v) is 9.63. The highest BCUT2D eigenvalue weighted by Gasteiger charge is 2.21. The molecule has 0 aliphatic rings. The minimum absolute atomic E-state index is 0.0521. The van der Waals surface area contributed by atoms with Crippen molar-refractivity contribution in [3.63, 3.8) is 0 Å². The average Bonchev–Trinajstić information content (AvgIpc) is 2.98. The van der Waals surface area contributed by atoms with E-state index in [1.54, 1.807) is 0 Å². The quantitative estimate of drug-likeness (QED) is 0.144. The Kier molecular flexibility index (Phi) is 7.50. The lowest BCUT2D eigenvalue weighted by molar-refractivity contribution is 0.0881. The summed E-state index contributed by atoms with van der Waals surface area (Å²) in [6, 6.07) is 34.5. The van der Waals surface area contributed by atoms with Crippen LogP contribution in [0.2, 0.25) is 0 Å². The van der Waals surface area contributed by atoms with Gasteiger partial charge >= 0.3 is 0 Å². The van der Waals surface area contributed by atoms with Gasteiger partial charge in [-0.2, -0.15) is 0 Å². The minimum Gasteiger partial charge on any atom is -0.492 e. The van der Waals surface area contributed by atoms with Gasteiger partial charge in [0.15, 0.2) is 11.6 Å². The van der Waals surface area contributed by atoms with Crippen LogP contribution in [0.4, 0.5) is 0 Å². The number of ketones is 2. The van der Waals surface area contributed by atoms with Gasteiger partial charge in [0.05, 0.1) is 25.0 Å². The van der Waals surface area contributed by atoms with Gasteiger partial charge in [0.1, 0.15) is 11.5 Å². The molecular weight excluding hydrogens is 472 g/mol. The van der Waals surface area contributed by atoms with E-state index in [-0.39, 0.29) is 36.6 Å². The molecule has 0 radical (unpaired) electrons. The van der Waals surface area contributed by atoms with Crippen LogP contribution >= 0.6 is 0 Å². The summed E-state index contributed by atoms with van der Waals surface area (Å²) < 4.78 is 12.8. The molecule has 0 amide bonds. The molecule has 5 rings (SSSR count). The van der Waals surface area contributed by atoms with Gasteiger partial charge in [-0.15, -0.1) is 0 Å². The summed E-state index contributed by atoms with van der Waals surface area (Å²) in [4.78, 5) is 25.9. The van der Waals surface area contributed by atoms with Crippen molar-refractivity contribution in [2.75, 3.05) is 13.2 Å². The number of carbonyl (C=O) groups excluding carboxylic acids is 2. The summed E-state index contributed by atoms with van der Waals surface area (Å²) in [6.45, 7) is 4.29. The molecule has 0 aromatic heterocycles. The van der Waals surface area contributed by atoms with Crippen LogP contribution in [0, 0.1) is 11.8 Å². The van der Waals surface area contributed by atoms with E-state index in [9.17, 15) is 9.59 Å². The number of carbonyl (C=O) groups is 2. The Morgan fingerprint density at radius 2 is 0.789 bits per heavy atom. The van der Waals surface area contributed by atoms with Crippen molar-refractivity contribution in [2.45, 2.75) is 13.8 Å². The number of rotatable bonds is 10. The lowest BCUT2D eigenvalue weighted by atomic mass is 9.98. The van der Waals surface area contributed by atoms with Gasteiger partial charge in [-0.05, 0) is 0 Å². The van der Waals surface area contributed by atoms with Crippen molar-refractivity contribution in [1.29, 1.82) is 0 Å². The van der Waals surface area contributed by atoms with Crippen molar-refractivity contribution in [3.8, 4) is 11.5 Å². The first-order valence-corrected chi connectivity index (χ1v) is 12.9. The maximum absolute atomic E-state index is 12.9. The lowest BCUT2D eigenvalue weighted by Gasteiger charge is -2.20. The van der Waals surface area contributed by atoms with E-state index in [1.807, 2.05) is 123 Å². The minimum atomic E-state index is -0.310.